The number of hydrogen-bond donors (Lipinski definition) is 1. The normalized spacial score (nSPS) is 11.9. The number of nitrogens with one attached hydrogen (secondary N) is 1. The van der Waals surface area contributed by atoms with Crippen molar-refractivity contribution < 1.29 is 9.53 Å². The number of methoxy groups -OCH3 is 1. The number of hydrogen-bond acceptors (Lipinski definition) is 5. The Bertz CT molecular complexity index is 832. The van der Waals surface area contributed by atoms with Crippen molar-refractivity contribution in [1.29, 1.82) is 0 Å². The molecule has 24 heavy (non-hydrogen) atoms. The zero-order valence-electron chi connectivity index (χ0n) is 13.4. The van der Waals surface area contributed by atoms with E-state index in [0.29, 0.717) is 11.5 Å². The zero-order valence-corrected chi connectivity index (χ0v) is 13.4. The molecule has 0 saturated heterocycles. The molecule has 0 radical (unpaired) electrons. The summed E-state index contributed by atoms with van der Waals surface area (Å²) in [4.78, 5) is 12.5. The van der Waals surface area contributed by atoms with Gasteiger partial charge in [0.1, 0.15) is 0 Å². The summed E-state index contributed by atoms with van der Waals surface area (Å²) in [6.07, 6.45) is -0.675. The molecule has 1 amide bonds. The van der Waals surface area contributed by atoms with E-state index in [0.717, 1.165) is 11.1 Å². The molecule has 122 valence electrons. The highest BCUT2D eigenvalue weighted by Gasteiger charge is 2.20. The molecule has 0 aliphatic heterocycles. The van der Waals surface area contributed by atoms with Gasteiger partial charge in [-0.3, -0.25) is 4.79 Å². The van der Waals surface area contributed by atoms with Crippen molar-refractivity contribution >= 4 is 11.6 Å². The summed E-state index contributed by atoms with van der Waals surface area (Å²) < 4.78 is 6.92. The monoisotopic (exact) mass is 323 g/mol. The Hall–Kier alpha value is -3.06. The predicted octanol–water partition coefficient (Wildman–Crippen LogP) is 2.20. The van der Waals surface area contributed by atoms with Crippen LogP contribution in [0.5, 0.6) is 0 Å². The number of aryl methyl sites for hydroxylation is 1. The van der Waals surface area contributed by atoms with E-state index in [9.17, 15) is 4.79 Å². The fourth-order valence-corrected chi connectivity index (χ4v) is 2.44. The maximum atomic E-state index is 12.5. The number of carbonyl (C=O) groups is 1. The van der Waals surface area contributed by atoms with Crippen molar-refractivity contribution in [2.24, 2.45) is 7.05 Å². The fraction of sp³-hybridized carbons (Fsp3) is 0.176. The average Bonchev–Trinajstić information content (AvgIpc) is 3.03. The van der Waals surface area contributed by atoms with Crippen molar-refractivity contribution in [3.05, 3.63) is 60.2 Å². The summed E-state index contributed by atoms with van der Waals surface area (Å²) in [5, 5.41) is 14.3. The first kappa shape index (κ1) is 15.8. The first-order valence-corrected chi connectivity index (χ1v) is 7.40. The number of tetrazole rings is 1. The molecule has 0 aliphatic carbocycles. The first-order valence-electron chi connectivity index (χ1n) is 7.40. The van der Waals surface area contributed by atoms with E-state index < -0.39 is 6.10 Å². The Labute approximate surface area is 139 Å². The topological polar surface area (TPSA) is 81.9 Å². The van der Waals surface area contributed by atoms with Crippen LogP contribution in [0.4, 0.5) is 5.69 Å². The molecule has 1 N–H and O–H groups in total. The van der Waals surface area contributed by atoms with Gasteiger partial charge in [-0.25, -0.2) is 4.68 Å². The van der Waals surface area contributed by atoms with Gasteiger partial charge in [-0.05, 0) is 28.1 Å². The van der Waals surface area contributed by atoms with Crippen LogP contribution in [0.1, 0.15) is 11.7 Å². The van der Waals surface area contributed by atoms with Crippen LogP contribution in [0, 0.1) is 0 Å². The highest BCUT2D eigenvalue weighted by molar-refractivity contribution is 5.95. The summed E-state index contributed by atoms with van der Waals surface area (Å²) in [7, 11) is 3.27. The Morgan fingerprint density at radius 2 is 1.96 bits per heavy atom. The summed E-state index contributed by atoms with van der Waals surface area (Å²) in [6, 6.07) is 16.7. The lowest BCUT2D eigenvalue weighted by Crippen LogP contribution is -2.22. The molecule has 1 aromatic heterocycles. The quantitative estimate of drug-likeness (QED) is 0.778. The van der Waals surface area contributed by atoms with Gasteiger partial charge >= 0.3 is 0 Å². The number of benzene rings is 2. The SMILES string of the molecule is COC(C(=O)Nc1cccc(-c2nnnn2C)c1)c1ccccc1. The van der Waals surface area contributed by atoms with Gasteiger partial charge in [0.05, 0.1) is 0 Å². The number of carbonyl (C=O) groups excluding carboxylic acids is 1. The molecule has 0 fully saturated rings. The van der Waals surface area contributed by atoms with Gasteiger partial charge in [-0.1, -0.05) is 42.5 Å². The third kappa shape index (κ3) is 3.31. The van der Waals surface area contributed by atoms with Gasteiger partial charge in [-0.15, -0.1) is 5.10 Å². The Morgan fingerprint density at radius 3 is 2.62 bits per heavy atom. The number of rotatable bonds is 5. The van der Waals surface area contributed by atoms with E-state index in [1.54, 1.807) is 11.7 Å². The largest absolute Gasteiger partial charge is 0.367 e. The van der Waals surface area contributed by atoms with Crippen LogP contribution in [-0.2, 0) is 16.6 Å². The number of aromatic nitrogens is 4. The second-order valence-electron chi connectivity index (χ2n) is 5.22. The van der Waals surface area contributed by atoms with Crippen LogP contribution in [0.15, 0.2) is 54.6 Å². The second kappa shape index (κ2) is 7.01. The second-order valence-corrected chi connectivity index (χ2v) is 5.22. The fourth-order valence-electron chi connectivity index (χ4n) is 2.44. The van der Waals surface area contributed by atoms with E-state index in [1.807, 2.05) is 54.6 Å². The molecule has 7 nitrogen and oxygen atoms in total. The molecule has 0 bridgehead atoms. The number of anilines is 1. The molecule has 1 heterocycles. The van der Waals surface area contributed by atoms with E-state index in [4.69, 9.17) is 4.74 Å². The van der Waals surface area contributed by atoms with Crippen LogP contribution in [-0.4, -0.2) is 33.2 Å². The highest BCUT2D eigenvalue weighted by atomic mass is 16.5. The van der Waals surface area contributed by atoms with E-state index in [2.05, 4.69) is 20.8 Å². The van der Waals surface area contributed by atoms with E-state index in [1.165, 1.54) is 7.11 Å². The molecule has 0 spiro atoms. The molecule has 3 aromatic rings. The van der Waals surface area contributed by atoms with Crippen LogP contribution in [0.2, 0.25) is 0 Å². The highest BCUT2D eigenvalue weighted by Crippen LogP contribution is 2.22. The maximum absolute atomic E-state index is 12.5. The zero-order chi connectivity index (χ0) is 16.9. The molecular weight excluding hydrogens is 306 g/mol. The van der Waals surface area contributed by atoms with Gasteiger partial charge in [-0.2, -0.15) is 0 Å². The van der Waals surface area contributed by atoms with Crippen LogP contribution in [0.3, 0.4) is 0 Å². The standard InChI is InChI=1S/C17H17N5O2/c1-22-16(19-20-21-22)13-9-6-10-14(11-13)18-17(23)15(24-2)12-7-4-3-5-8-12/h3-11,15H,1-2H3,(H,18,23). The summed E-state index contributed by atoms with van der Waals surface area (Å²) in [5.41, 5.74) is 2.26. The Morgan fingerprint density at radius 1 is 1.17 bits per heavy atom. The minimum atomic E-state index is -0.675. The Balaban J connectivity index is 1.81. The van der Waals surface area contributed by atoms with Crippen LogP contribution in [0.25, 0.3) is 11.4 Å². The lowest BCUT2D eigenvalue weighted by molar-refractivity contribution is -0.126. The number of amides is 1. The lowest BCUT2D eigenvalue weighted by Gasteiger charge is -2.16. The van der Waals surface area contributed by atoms with Gasteiger partial charge < -0.3 is 10.1 Å². The van der Waals surface area contributed by atoms with Gasteiger partial charge in [0, 0.05) is 25.4 Å². The van der Waals surface area contributed by atoms with Crippen LogP contribution < -0.4 is 5.32 Å². The van der Waals surface area contributed by atoms with E-state index in [-0.39, 0.29) is 5.91 Å². The van der Waals surface area contributed by atoms with Crippen molar-refractivity contribution in [2.45, 2.75) is 6.10 Å². The molecule has 0 saturated carbocycles. The molecule has 1 unspecified atom stereocenters. The molecule has 7 heteroatoms. The van der Waals surface area contributed by atoms with Gasteiger partial charge in [0.15, 0.2) is 11.9 Å². The maximum Gasteiger partial charge on any atom is 0.258 e. The van der Waals surface area contributed by atoms with Crippen molar-refractivity contribution in [1.82, 2.24) is 20.2 Å². The third-order valence-corrected chi connectivity index (χ3v) is 3.58. The molecular formula is C17H17N5O2. The molecule has 0 aliphatic rings. The summed E-state index contributed by atoms with van der Waals surface area (Å²) in [5.74, 6) is 0.384. The van der Waals surface area contributed by atoms with Crippen LogP contribution >= 0.6 is 0 Å². The van der Waals surface area contributed by atoms with Crippen molar-refractivity contribution in [2.75, 3.05) is 12.4 Å². The van der Waals surface area contributed by atoms with E-state index >= 15 is 0 Å². The number of nitrogens with zero attached hydrogens (tertiary/aromatic N) is 4. The summed E-state index contributed by atoms with van der Waals surface area (Å²) >= 11 is 0. The molecule has 3 rings (SSSR count). The minimum absolute atomic E-state index is 0.239. The van der Waals surface area contributed by atoms with Crippen molar-refractivity contribution in [3.8, 4) is 11.4 Å². The van der Waals surface area contributed by atoms with Gasteiger partial charge in [0.25, 0.3) is 5.91 Å². The lowest BCUT2D eigenvalue weighted by atomic mass is 10.1. The van der Waals surface area contributed by atoms with Gasteiger partial charge in [0.2, 0.25) is 0 Å². The molecule has 1 atom stereocenters. The Kier molecular flexibility index (Phi) is 4.62. The summed E-state index contributed by atoms with van der Waals surface area (Å²) in [6.45, 7) is 0. The minimum Gasteiger partial charge on any atom is -0.367 e. The number of ether oxygens (including phenoxy) is 1. The predicted molar refractivity (Wildman–Crippen MR) is 89.1 cm³/mol. The first-order chi connectivity index (χ1) is 11.7. The third-order valence-electron chi connectivity index (χ3n) is 3.58. The molecule has 2 aromatic carbocycles. The smallest absolute Gasteiger partial charge is 0.258 e. The average molecular weight is 323 g/mol. The van der Waals surface area contributed by atoms with Crippen molar-refractivity contribution in [3.63, 3.8) is 0 Å².